The first kappa shape index (κ1) is 19.4. The molecule has 0 saturated carbocycles. The van der Waals surface area contributed by atoms with Gasteiger partial charge in [-0.15, -0.1) is 0 Å². The summed E-state index contributed by atoms with van der Waals surface area (Å²) in [5, 5.41) is 6.36. The smallest absolute Gasteiger partial charge is 0.227 e. The summed E-state index contributed by atoms with van der Waals surface area (Å²) in [4.78, 5) is 12.2. The Morgan fingerprint density at radius 1 is 1.00 bits per heavy atom. The van der Waals surface area contributed by atoms with Crippen molar-refractivity contribution in [2.24, 2.45) is 5.92 Å². The Balaban J connectivity index is 2.12. The van der Waals surface area contributed by atoms with E-state index in [9.17, 15) is 4.79 Å². The molecule has 0 radical (unpaired) electrons. The van der Waals surface area contributed by atoms with Crippen molar-refractivity contribution in [3.63, 3.8) is 0 Å². The van der Waals surface area contributed by atoms with E-state index in [-0.39, 0.29) is 17.9 Å². The summed E-state index contributed by atoms with van der Waals surface area (Å²) in [6.45, 7) is 7.58. The minimum absolute atomic E-state index is 0.0122. The fourth-order valence-corrected chi connectivity index (χ4v) is 2.93. The summed E-state index contributed by atoms with van der Waals surface area (Å²) in [6.07, 6.45) is 11.1. The Labute approximate surface area is 136 Å². The third kappa shape index (κ3) is 8.14. The van der Waals surface area contributed by atoms with E-state index in [0.29, 0.717) is 0 Å². The molecule has 0 aromatic heterocycles. The van der Waals surface area contributed by atoms with Gasteiger partial charge in [0.1, 0.15) is 0 Å². The van der Waals surface area contributed by atoms with E-state index in [4.69, 9.17) is 4.74 Å². The number of nitrogens with one attached hydrogen (secondary N) is 2. The molecular weight excluding hydrogens is 276 g/mol. The van der Waals surface area contributed by atoms with Crippen LogP contribution >= 0.6 is 0 Å². The highest BCUT2D eigenvalue weighted by Gasteiger charge is 2.33. The van der Waals surface area contributed by atoms with Gasteiger partial charge in [0.2, 0.25) is 5.91 Å². The van der Waals surface area contributed by atoms with Crippen molar-refractivity contribution in [2.45, 2.75) is 77.7 Å². The Morgan fingerprint density at radius 2 is 1.68 bits per heavy atom. The largest absolute Gasteiger partial charge is 0.376 e. The monoisotopic (exact) mass is 312 g/mol. The molecule has 0 aliphatic carbocycles. The predicted octanol–water partition coefficient (Wildman–Crippen LogP) is 3.26. The van der Waals surface area contributed by atoms with E-state index in [1.54, 1.807) is 0 Å². The van der Waals surface area contributed by atoms with E-state index in [2.05, 4.69) is 24.5 Å². The SMILES string of the molecule is CCCCCCCO[C@@H]1CNC[C@H]1C(=O)NCCCCCC. The summed E-state index contributed by atoms with van der Waals surface area (Å²) < 4.78 is 5.94. The molecule has 1 aliphatic rings. The molecule has 1 fully saturated rings. The Morgan fingerprint density at radius 3 is 2.41 bits per heavy atom. The van der Waals surface area contributed by atoms with E-state index >= 15 is 0 Å². The maximum absolute atomic E-state index is 12.2. The molecule has 2 N–H and O–H groups in total. The van der Waals surface area contributed by atoms with Crippen LogP contribution in [0.4, 0.5) is 0 Å². The molecule has 4 nitrogen and oxygen atoms in total. The number of rotatable bonds is 13. The van der Waals surface area contributed by atoms with E-state index in [1.807, 2.05) is 0 Å². The fraction of sp³-hybridized carbons (Fsp3) is 0.944. The van der Waals surface area contributed by atoms with Gasteiger partial charge in [-0.05, 0) is 12.8 Å². The number of carbonyl (C=O) groups is 1. The Hall–Kier alpha value is -0.610. The molecule has 0 unspecified atom stereocenters. The summed E-state index contributed by atoms with van der Waals surface area (Å²) in [6, 6.07) is 0. The van der Waals surface area contributed by atoms with Crippen molar-refractivity contribution < 1.29 is 9.53 Å². The van der Waals surface area contributed by atoms with Crippen LogP contribution in [0.1, 0.15) is 71.6 Å². The highest BCUT2D eigenvalue weighted by atomic mass is 16.5. The molecule has 0 aromatic rings. The van der Waals surface area contributed by atoms with E-state index < -0.39 is 0 Å². The molecule has 0 spiro atoms. The lowest BCUT2D eigenvalue weighted by Crippen LogP contribution is -2.38. The average molecular weight is 312 g/mol. The van der Waals surface area contributed by atoms with Crippen LogP contribution in [0.2, 0.25) is 0 Å². The lowest BCUT2D eigenvalue weighted by Gasteiger charge is -2.19. The van der Waals surface area contributed by atoms with Gasteiger partial charge in [0.05, 0.1) is 12.0 Å². The number of ether oxygens (including phenoxy) is 1. The molecule has 1 amide bonds. The van der Waals surface area contributed by atoms with Crippen LogP contribution in [0.5, 0.6) is 0 Å². The molecule has 1 saturated heterocycles. The lowest BCUT2D eigenvalue weighted by molar-refractivity contribution is -0.128. The molecule has 2 atom stereocenters. The summed E-state index contributed by atoms with van der Waals surface area (Å²) >= 11 is 0. The maximum Gasteiger partial charge on any atom is 0.227 e. The zero-order chi connectivity index (χ0) is 16.0. The second kappa shape index (κ2) is 12.9. The highest BCUT2D eigenvalue weighted by molar-refractivity contribution is 5.79. The van der Waals surface area contributed by atoms with E-state index in [0.717, 1.165) is 39.1 Å². The molecule has 0 aromatic carbocycles. The lowest BCUT2D eigenvalue weighted by atomic mass is 10.1. The second-order valence-corrected chi connectivity index (χ2v) is 6.44. The Kier molecular flexibility index (Phi) is 11.4. The highest BCUT2D eigenvalue weighted by Crippen LogP contribution is 2.14. The first-order valence-electron chi connectivity index (χ1n) is 9.39. The van der Waals surface area contributed by atoms with Crippen molar-refractivity contribution in [3.8, 4) is 0 Å². The summed E-state index contributed by atoms with van der Waals surface area (Å²) in [5.41, 5.74) is 0. The molecule has 1 aliphatic heterocycles. The third-order valence-corrected chi connectivity index (χ3v) is 4.40. The summed E-state index contributed by atoms with van der Waals surface area (Å²) in [5.74, 6) is 0.152. The predicted molar refractivity (Wildman–Crippen MR) is 92.0 cm³/mol. The van der Waals surface area contributed by atoms with Crippen LogP contribution < -0.4 is 10.6 Å². The summed E-state index contributed by atoms with van der Waals surface area (Å²) in [7, 11) is 0. The number of unbranched alkanes of at least 4 members (excludes halogenated alkanes) is 7. The maximum atomic E-state index is 12.2. The average Bonchev–Trinajstić information content (AvgIpc) is 2.99. The van der Waals surface area contributed by atoms with Crippen LogP contribution in [0.15, 0.2) is 0 Å². The van der Waals surface area contributed by atoms with Gasteiger partial charge in [0.25, 0.3) is 0 Å². The molecular formula is C18H36N2O2. The van der Waals surface area contributed by atoms with Gasteiger partial charge in [-0.25, -0.2) is 0 Å². The minimum Gasteiger partial charge on any atom is -0.376 e. The van der Waals surface area contributed by atoms with Crippen molar-refractivity contribution >= 4 is 5.91 Å². The van der Waals surface area contributed by atoms with Gasteiger partial charge in [0, 0.05) is 26.2 Å². The number of carbonyl (C=O) groups excluding carboxylic acids is 1. The van der Waals surface area contributed by atoms with Gasteiger partial charge in [0.15, 0.2) is 0 Å². The zero-order valence-corrected chi connectivity index (χ0v) is 14.7. The van der Waals surface area contributed by atoms with Crippen molar-refractivity contribution in [2.75, 3.05) is 26.2 Å². The Bertz CT molecular complexity index is 284. The topological polar surface area (TPSA) is 50.4 Å². The quantitative estimate of drug-likeness (QED) is 0.513. The molecule has 1 heterocycles. The van der Waals surface area contributed by atoms with Gasteiger partial charge in [-0.1, -0.05) is 58.8 Å². The van der Waals surface area contributed by atoms with E-state index in [1.165, 1.54) is 44.9 Å². The number of hydrogen-bond acceptors (Lipinski definition) is 3. The molecule has 0 bridgehead atoms. The van der Waals surface area contributed by atoms with Gasteiger partial charge in [-0.3, -0.25) is 4.79 Å². The molecule has 22 heavy (non-hydrogen) atoms. The molecule has 4 heteroatoms. The van der Waals surface area contributed by atoms with Crippen molar-refractivity contribution in [3.05, 3.63) is 0 Å². The number of amides is 1. The molecule has 1 rings (SSSR count). The van der Waals surface area contributed by atoms with Crippen LogP contribution in [0.25, 0.3) is 0 Å². The van der Waals surface area contributed by atoms with Crippen LogP contribution in [0.3, 0.4) is 0 Å². The minimum atomic E-state index is -0.0122. The first-order chi connectivity index (χ1) is 10.8. The standard InChI is InChI=1S/C18H36N2O2/c1-3-5-7-9-11-13-22-17-15-19-14-16(17)18(21)20-12-10-8-6-4-2/h16-17,19H,3-15H2,1-2H3,(H,20,21)/t16-,17-/m1/s1. The second-order valence-electron chi connectivity index (χ2n) is 6.44. The zero-order valence-electron chi connectivity index (χ0n) is 14.7. The third-order valence-electron chi connectivity index (χ3n) is 4.40. The van der Waals surface area contributed by atoms with Crippen LogP contribution in [-0.2, 0) is 9.53 Å². The van der Waals surface area contributed by atoms with Gasteiger partial charge >= 0.3 is 0 Å². The fourth-order valence-electron chi connectivity index (χ4n) is 2.93. The number of hydrogen-bond donors (Lipinski definition) is 2. The van der Waals surface area contributed by atoms with Crippen molar-refractivity contribution in [1.82, 2.24) is 10.6 Å². The van der Waals surface area contributed by atoms with Crippen molar-refractivity contribution in [1.29, 1.82) is 0 Å². The van der Waals surface area contributed by atoms with Crippen LogP contribution in [0, 0.1) is 5.92 Å². The van der Waals surface area contributed by atoms with Gasteiger partial charge < -0.3 is 15.4 Å². The van der Waals surface area contributed by atoms with Crippen LogP contribution in [-0.4, -0.2) is 38.3 Å². The first-order valence-corrected chi connectivity index (χ1v) is 9.39. The molecule has 130 valence electrons. The normalized spacial score (nSPS) is 21.2. The van der Waals surface area contributed by atoms with Gasteiger partial charge in [-0.2, -0.15) is 0 Å².